The van der Waals surface area contributed by atoms with Gasteiger partial charge in [-0.25, -0.2) is 0 Å². The summed E-state index contributed by atoms with van der Waals surface area (Å²) >= 11 is 7.67. The lowest BCUT2D eigenvalue weighted by Crippen LogP contribution is -2.32. The molecule has 138 valence electrons. The third kappa shape index (κ3) is 5.97. The van der Waals surface area contributed by atoms with Crippen molar-refractivity contribution < 1.29 is 22.6 Å². The van der Waals surface area contributed by atoms with Gasteiger partial charge in [0.05, 0.1) is 18.5 Å². The summed E-state index contributed by atoms with van der Waals surface area (Å²) in [6.07, 6.45) is 2.18. The van der Waals surface area contributed by atoms with Gasteiger partial charge in [-0.15, -0.1) is 11.6 Å². The zero-order valence-corrected chi connectivity index (χ0v) is 15.5. The molecule has 0 radical (unpaired) electrons. The Balaban J connectivity index is 2.06. The third-order valence-electron chi connectivity index (χ3n) is 4.43. The van der Waals surface area contributed by atoms with E-state index in [1.165, 1.54) is 6.08 Å². The molecule has 2 fully saturated rings. The van der Waals surface area contributed by atoms with Gasteiger partial charge in [0.1, 0.15) is 0 Å². The van der Waals surface area contributed by atoms with Crippen LogP contribution in [0, 0.1) is 5.92 Å². The summed E-state index contributed by atoms with van der Waals surface area (Å²) in [5.41, 5.74) is 0.0561. The Hall–Kier alpha value is -0.170. The highest BCUT2D eigenvalue weighted by Crippen LogP contribution is 2.40. The molecule has 1 aliphatic heterocycles. The molecule has 1 heterocycles. The van der Waals surface area contributed by atoms with E-state index in [0.717, 1.165) is 0 Å². The highest BCUT2D eigenvalue weighted by molar-refractivity contribution is 7.99. The number of halogens is 4. The van der Waals surface area contributed by atoms with E-state index in [9.17, 15) is 13.2 Å². The number of thioether (sulfide) groups is 1. The average molecular weight is 385 g/mol. The first kappa shape index (κ1) is 20.1. The fourth-order valence-electron chi connectivity index (χ4n) is 3.04. The second-order valence-electron chi connectivity index (χ2n) is 6.35. The molecule has 0 N–H and O–H groups in total. The molecule has 2 rings (SSSR count). The molecule has 1 saturated heterocycles. The summed E-state index contributed by atoms with van der Waals surface area (Å²) in [5, 5.41) is 0.280. The monoisotopic (exact) mass is 384 g/mol. The van der Waals surface area contributed by atoms with Gasteiger partial charge in [-0.05, 0) is 56.4 Å². The van der Waals surface area contributed by atoms with Crippen molar-refractivity contribution in [2.75, 3.05) is 19.5 Å². The van der Waals surface area contributed by atoms with Crippen molar-refractivity contribution in [3.8, 4) is 0 Å². The smallest absolute Gasteiger partial charge is 0.348 e. The Morgan fingerprint density at radius 1 is 1.12 bits per heavy atom. The van der Waals surface area contributed by atoms with Gasteiger partial charge >= 0.3 is 6.18 Å². The second kappa shape index (κ2) is 8.97. The van der Waals surface area contributed by atoms with Crippen LogP contribution in [0.25, 0.3) is 0 Å². The standard InChI is InChI=1S/C17H24ClF3O2S/c1-11(8-16-22-9-14(24-2)10-23-16)7-15(17(19,20)21)12-3-5-13(18)6-4-12/h7-8,12-14,16H,3-6,9-10H2,1-2H3/b11-8+,15-7-. The van der Waals surface area contributed by atoms with E-state index < -0.39 is 24.0 Å². The molecule has 0 bridgehead atoms. The fraction of sp³-hybridized carbons (Fsp3) is 0.765. The van der Waals surface area contributed by atoms with E-state index in [2.05, 4.69) is 0 Å². The summed E-state index contributed by atoms with van der Waals surface area (Å²) < 4.78 is 51.4. The van der Waals surface area contributed by atoms with Crippen molar-refractivity contribution in [3.63, 3.8) is 0 Å². The maximum Gasteiger partial charge on any atom is 0.412 e. The Bertz CT molecular complexity index is 463. The molecule has 0 amide bonds. The fourth-order valence-corrected chi connectivity index (χ4v) is 3.72. The minimum Gasteiger partial charge on any atom is -0.348 e. The van der Waals surface area contributed by atoms with Crippen LogP contribution in [0.15, 0.2) is 23.3 Å². The van der Waals surface area contributed by atoms with Gasteiger partial charge in [0.15, 0.2) is 6.29 Å². The molecule has 2 aliphatic rings. The largest absolute Gasteiger partial charge is 0.412 e. The lowest BCUT2D eigenvalue weighted by atomic mass is 9.82. The predicted octanol–water partition coefficient (Wildman–Crippen LogP) is 5.32. The lowest BCUT2D eigenvalue weighted by Gasteiger charge is -2.29. The number of hydrogen-bond acceptors (Lipinski definition) is 3. The van der Waals surface area contributed by atoms with Crippen LogP contribution in [0.1, 0.15) is 32.6 Å². The molecule has 1 aliphatic carbocycles. The van der Waals surface area contributed by atoms with E-state index in [1.807, 2.05) is 6.26 Å². The topological polar surface area (TPSA) is 18.5 Å². The number of allylic oxidation sites excluding steroid dienone is 3. The predicted molar refractivity (Wildman–Crippen MR) is 92.5 cm³/mol. The maximum atomic E-state index is 13.4. The summed E-state index contributed by atoms with van der Waals surface area (Å²) in [4.78, 5) is 0. The minimum absolute atomic E-state index is 0.000734. The molecule has 24 heavy (non-hydrogen) atoms. The Labute approximate surface area is 150 Å². The van der Waals surface area contributed by atoms with Crippen molar-refractivity contribution in [2.45, 2.75) is 55.7 Å². The third-order valence-corrected chi connectivity index (χ3v) is 5.81. The quantitative estimate of drug-likeness (QED) is 0.482. The van der Waals surface area contributed by atoms with Crippen LogP contribution in [-0.2, 0) is 9.47 Å². The van der Waals surface area contributed by atoms with E-state index in [-0.39, 0.29) is 10.6 Å². The van der Waals surface area contributed by atoms with Crippen LogP contribution in [0.5, 0.6) is 0 Å². The van der Waals surface area contributed by atoms with Gasteiger partial charge in [0.25, 0.3) is 0 Å². The first-order valence-electron chi connectivity index (χ1n) is 8.17. The van der Waals surface area contributed by atoms with Crippen LogP contribution in [0.2, 0.25) is 0 Å². The molecule has 0 aromatic rings. The number of hydrogen-bond donors (Lipinski definition) is 0. The van der Waals surface area contributed by atoms with Crippen molar-refractivity contribution in [1.29, 1.82) is 0 Å². The van der Waals surface area contributed by atoms with E-state index >= 15 is 0 Å². The zero-order chi connectivity index (χ0) is 17.7. The molecule has 0 atom stereocenters. The molecule has 0 aromatic carbocycles. The molecule has 2 nitrogen and oxygen atoms in total. The molecule has 0 spiro atoms. The highest BCUT2D eigenvalue weighted by atomic mass is 35.5. The minimum atomic E-state index is -4.32. The van der Waals surface area contributed by atoms with Gasteiger partial charge in [-0.3, -0.25) is 0 Å². The average Bonchev–Trinajstić information content (AvgIpc) is 2.53. The molecule has 1 saturated carbocycles. The Morgan fingerprint density at radius 2 is 1.71 bits per heavy atom. The van der Waals surface area contributed by atoms with Gasteiger partial charge in [0.2, 0.25) is 0 Å². The van der Waals surface area contributed by atoms with E-state index in [0.29, 0.717) is 44.5 Å². The Kier molecular flexibility index (Phi) is 7.53. The van der Waals surface area contributed by atoms with E-state index in [1.54, 1.807) is 24.8 Å². The number of rotatable bonds is 4. The maximum absolute atomic E-state index is 13.4. The molecule has 0 aromatic heterocycles. The highest BCUT2D eigenvalue weighted by Gasteiger charge is 2.39. The molecular weight excluding hydrogens is 361 g/mol. The van der Waals surface area contributed by atoms with Crippen LogP contribution in [0.3, 0.4) is 0 Å². The number of ether oxygens (including phenoxy) is 2. The van der Waals surface area contributed by atoms with Crippen LogP contribution < -0.4 is 0 Å². The summed E-state index contributed by atoms with van der Waals surface area (Å²) in [6, 6.07) is 0. The molecule has 0 unspecified atom stereocenters. The zero-order valence-electron chi connectivity index (χ0n) is 13.9. The summed E-state index contributed by atoms with van der Waals surface area (Å²) in [6.45, 7) is 2.75. The van der Waals surface area contributed by atoms with Crippen molar-refractivity contribution in [1.82, 2.24) is 0 Å². The normalized spacial score (nSPS) is 33.6. The summed E-state index contributed by atoms with van der Waals surface area (Å²) in [7, 11) is 0. The second-order valence-corrected chi connectivity index (χ2v) is 8.11. The van der Waals surface area contributed by atoms with Crippen LogP contribution in [0.4, 0.5) is 13.2 Å². The molecular formula is C17H24ClF3O2S. The summed E-state index contributed by atoms with van der Waals surface area (Å²) in [5.74, 6) is -0.475. The Morgan fingerprint density at radius 3 is 2.21 bits per heavy atom. The van der Waals surface area contributed by atoms with Crippen LogP contribution in [-0.4, -0.2) is 42.6 Å². The SMILES string of the molecule is CSC1COC(/C=C(C)/C=C(/C2CCC(Cl)CC2)C(F)(F)F)OC1. The van der Waals surface area contributed by atoms with Gasteiger partial charge < -0.3 is 9.47 Å². The lowest BCUT2D eigenvalue weighted by molar-refractivity contribution is -0.146. The first-order valence-corrected chi connectivity index (χ1v) is 9.89. The van der Waals surface area contributed by atoms with Crippen molar-refractivity contribution in [2.24, 2.45) is 5.92 Å². The van der Waals surface area contributed by atoms with Gasteiger partial charge in [0, 0.05) is 11.0 Å². The van der Waals surface area contributed by atoms with Crippen LogP contribution >= 0.6 is 23.4 Å². The van der Waals surface area contributed by atoms with Crippen molar-refractivity contribution in [3.05, 3.63) is 23.3 Å². The molecule has 7 heteroatoms. The first-order chi connectivity index (χ1) is 11.3. The van der Waals surface area contributed by atoms with Gasteiger partial charge in [-0.2, -0.15) is 24.9 Å². The van der Waals surface area contributed by atoms with Gasteiger partial charge in [-0.1, -0.05) is 6.08 Å². The van der Waals surface area contributed by atoms with E-state index in [4.69, 9.17) is 21.1 Å². The number of alkyl halides is 4. The van der Waals surface area contributed by atoms with Crippen molar-refractivity contribution >= 4 is 23.4 Å².